The molecule has 3 rings (SSSR count). The van der Waals surface area contributed by atoms with Crippen molar-refractivity contribution in [2.45, 2.75) is 25.4 Å². The fourth-order valence-electron chi connectivity index (χ4n) is 3.09. The highest BCUT2D eigenvalue weighted by Crippen LogP contribution is 2.31. The number of carbonyl (C=O) groups is 2. The van der Waals surface area contributed by atoms with E-state index >= 15 is 0 Å². The van der Waals surface area contributed by atoms with Crippen molar-refractivity contribution in [1.29, 1.82) is 0 Å². The minimum atomic E-state index is -2.81. The van der Waals surface area contributed by atoms with Crippen molar-refractivity contribution in [3.05, 3.63) is 63.9 Å². The molecule has 1 saturated heterocycles. The maximum absolute atomic E-state index is 14.7. The molecular formula is C19H17ClF4N4O2. The molecule has 3 amide bonds. The number of hydrogen-bond acceptors (Lipinski definition) is 3. The summed E-state index contributed by atoms with van der Waals surface area (Å²) in [5.74, 6) is -2.45. The average molecular weight is 445 g/mol. The number of amides is 3. The van der Waals surface area contributed by atoms with E-state index in [2.05, 4.69) is 15.6 Å². The molecule has 1 aliphatic rings. The summed E-state index contributed by atoms with van der Waals surface area (Å²) in [5, 5.41) is 4.41. The standard InChI is InChI=1S/C19H17ClF4N4O2/c1-9-18(29)25-6-7-28(9)19(30)27-16(10-2-5-13(17(23)24)26-8-10)11-3-4-12(21)14(20)15(11)22/h2-5,8-9,16-17H,6-7H2,1H3,(H,25,29)(H,27,30)/t9-,16-/m1/s1. The predicted molar refractivity (Wildman–Crippen MR) is 100 cm³/mol. The van der Waals surface area contributed by atoms with Gasteiger partial charge in [0.15, 0.2) is 0 Å². The lowest BCUT2D eigenvalue weighted by atomic mass is 9.99. The highest BCUT2D eigenvalue weighted by Gasteiger charge is 2.32. The summed E-state index contributed by atoms with van der Waals surface area (Å²) in [6.07, 6.45) is -1.74. The van der Waals surface area contributed by atoms with Crippen LogP contribution in [0.5, 0.6) is 0 Å². The Bertz CT molecular complexity index is 958. The van der Waals surface area contributed by atoms with Crippen molar-refractivity contribution < 1.29 is 27.2 Å². The monoisotopic (exact) mass is 444 g/mol. The first-order valence-electron chi connectivity index (χ1n) is 8.93. The molecule has 1 fully saturated rings. The molecular weight excluding hydrogens is 428 g/mol. The first-order chi connectivity index (χ1) is 14.2. The van der Waals surface area contributed by atoms with E-state index in [4.69, 9.17) is 11.6 Å². The number of halogens is 5. The van der Waals surface area contributed by atoms with Gasteiger partial charge in [0.05, 0.1) is 6.04 Å². The number of nitrogens with one attached hydrogen (secondary N) is 2. The van der Waals surface area contributed by atoms with E-state index in [1.54, 1.807) is 0 Å². The zero-order valence-corrected chi connectivity index (χ0v) is 16.4. The summed E-state index contributed by atoms with van der Waals surface area (Å²) in [5.41, 5.74) is -0.512. The average Bonchev–Trinajstić information content (AvgIpc) is 2.73. The van der Waals surface area contributed by atoms with Crippen molar-refractivity contribution >= 4 is 23.5 Å². The van der Waals surface area contributed by atoms with Crippen LogP contribution in [0.4, 0.5) is 22.4 Å². The largest absolute Gasteiger partial charge is 0.353 e. The van der Waals surface area contributed by atoms with Crippen molar-refractivity contribution in [1.82, 2.24) is 20.5 Å². The van der Waals surface area contributed by atoms with Crippen LogP contribution in [0.3, 0.4) is 0 Å². The van der Waals surface area contributed by atoms with Gasteiger partial charge in [-0.3, -0.25) is 9.78 Å². The van der Waals surface area contributed by atoms with E-state index in [0.29, 0.717) is 0 Å². The van der Waals surface area contributed by atoms with Crippen LogP contribution >= 0.6 is 11.6 Å². The zero-order chi connectivity index (χ0) is 22.0. The van der Waals surface area contributed by atoms with Gasteiger partial charge in [0, 0.05) is 24.8 Å². The van der Waals surface area contributed by atoms with Crippen LogP contribution in [-0.4, -0.2) is 41.0 Å². The SMILES string of the molecule is C[C@@H]1C(=O)NCCN1C(=O)N[C@H](c1ccc(C(F)F)nc1)c1ccc(F)c(Cl)c1F. The van der Waals surface area contributed by atoms with Gasteiger partial charge in [0.1, 0.15) is 28.4 Å². The fraction of sp³-hybridized carbons (Fsp3) is 0.316. The molecule has 6 nitrogen and oxygen atoms in total. The Morgan fingerprint density at radius 1 is 1.30 bits per heavy atom. The highest BCUT2D eigenvalue weighted by molar-refractivity contribution is 6.31. The molecule has 2 N–H and O–H groups in total. The van der Waals surface area contributed by atoms with Crippen LogP contribution in [-0.2, 0) is 4.79 Å². The molecule has 0 radical (unpaired) electrons. The quantitative estimate of drug-likeness (QED) is 0.559. The summed E-state index contributed by atoms with van der Waals surface area (Å²) in [6, 6.07) is 1.63. The smallest absolute Gasteiger partial charge is 0.318 e. The lowest BCUT2D eigenvalue weighted by molar-refractivity contribution is -0.126. The molecule has 2 aromatic rings. The molecule has 11 heteroatoms. The first-order valence-corrected chi connectivity index (χ1v) is 9.30. The number of hydrogen-bond donors (Lipinski definition) is 2. The third-order valence-corrected chi connectivity index (χ3v) is 5.12. The van der Waals surface area contributed by atoms with E-state index in [9.17, 15) is 27.2 Å². The molecule has 2 heterocycles. The second-order valence-corrected chi connectivity index (χ2v) is 7.00. The highest BCUT2D eigenvalue weighted by atomic mass is 35.5. The van der Waals surface area contributed by atoms with E-state index in [0.717, 1.165) is 24.4 Å². The molecule has 0 saturated carbocycles. The third-order valence-electron chi connectivity index (χ3n) is 4.77. The topological polar surface area (TPSA) is 74.3 Å². The lowest BCUT2D eigenvalue weighted by Crippen LogP contribution is -2.58. The van der Waals surface area contributed by atoms with Crippen LogP contribution in [0.1, 0.15) is 36.2 Å². The van der Waals surface area contributed by atoms with Crippen molar-refractivity contribution in [2.75, 3.05) is 13.1 Å². The number of piperazine rings is 1. The Morgan fingerprint density at radius 3 is 2.67 bits per heavy atom. The van der Waals surface area contributed by atoms with Gasteiger partial charge in [-0.1, -0.05) is 23.7 Å². The van der Waals surface area contributed by atoms with Crippen molar-refractivity contribution in [3.8, 4) is 0 Å². The van der Waals surface area contributed by atoms with Crippen LogP contribution < -0.4 is 10.6 Å². The third kappa shape index (κ3) is 4.33. The van der Waals surface area contributed by atoms with E-state index in [-0.39, 0.29) is 30.1 Å². The van der Waals surface area contributed by atoms with Gasteiger partial charge >= 0.3 is 6.03 Å². The molecule has 160 valence electrons. The predicted octanol–water partition coefficient (Wildman–Crippen LogP) is 3.57. The Labute approximate surface area is 174 Å². The van der Waals surface area contributed by atoms with Gasteiger partial charge in [-0.2, -0.15) is 0 Å². The summed E-state index contributed by atoms with van der Waals surface area (Å²) in [6.45, 7) is 1.97. The van der Waals surface area contributed by atoms with Gasteiger partial charge < -0.3 is 15.5 Å². The summed E-state index contributed by atoms with van der Waals surface area (Å²) in [4.78, 5) is 29.5. The van der Waals surface area contributed by atoms with Gasteiger partial charge in [-0.25, -0.2) is 22.4 Å². The summed E-state index contributed by atoms with van der Waals surface area (Å²) >= 11 is 5.67. The maximum Gasteiger partial charge on any atom is 0.318 e. The second kappa shape index (κ2) is 8.86. The fourth-order valence-corrected chi connectivity index (χ4v) is 3.26. The van der Waals surface area contributed by atoms with Gasteiger partial charge in [0.2, 0.25) is 5.91 Å². The number of alkyl halides is 2. The van der Waals surface area contributed by atoms with Gasteiger partial charge in [-0.15, -0.1) is 0 Å². The van der Waals surface area contributed by atoms with E-state index in [1.165, 1.54) is 17.9 Å². The van der Waals surface area contributed by atoms with Gasteiger partial charge in [-0.05, 0) is 24.6 Å². The second-order valence-electron chi connectivity index (χ2n) is 6.62. The number of urea groups is 1. The Balaban J connectivity index is 1.98. The molecule has 0 aliphatic carbocycles. The number of pyridine rings is 1. The normalized spacial score (nSPS) is 17.6. The number of aromatic nitrogens is 1. The van der Waals surface area contributed by atoms with Crippen molar-refractivity contribution in [3.63, 3.8) is 0 Å². The van der Waals surface area contributed by atoms with Crippen molar-refractivity contribution in [2.24, 2.45) is 0 Å². The van der Waals surface area contributed by atoms with Crippen LogP contribution in [0.15, 0.2) is 30.5 Å². The maximum atomic E-state index is 14.7. The van der Waals surface area contributed by atoms with Crippen LogP contribution in [0.25, 0.3) is 0 Å². The molecule has 0 bridgehead atoms. The molecule has 30 heavy (non-hydrogen) atoms. The Hall–Kier alpha value is -2.88. The minimum Gasteiger partial charge on any atom is -0.353 e. The number of benzene rings is 1. The van der Waals surface area contributed by atoms with Crippen LogP contribution in [0.2, 0.25) is 5.02 Å². The number of rotatable bonds is 4. The summed E-state index contributed by atoms with van der Waals surface area (Å²) < 4.78 is 53.9. The zero-order valence-electron chi connectivity index (χ0n) is 15.6. The molecule has 1 aromatic heterocycles. The molecule has 1 aliphatic heterocycles. The lowest BCUT2D eigenvalue weighted by Gasteiger charge is -2.34. The molecule has 2 atom stereocenters. The molecule has 0 unspecified atom stereocenters. The Kier molecular flexibility index (Phi) is 6.45. The number of nitrogens with zero attached hydrogens (tertiary/aromatic N) is 2. The van der Waals surface area contributed by atoms with Crippen LogP contribution in [0, 0.1) is 11.6 Å². The first kappa shape index (κ1) is 21.8. The molecule has 1 aromatic carbocycles. The minimum absolute atomic E-state index is 0.170. The van der Waals surface area contributed by atoms with E-state index < -0.39 is 46.9 Å². The van der Waals surface area contributed by atoms with Gasteiger partial charge in [0.25, 0.3) is 6.43 Å². The number of carbonyl (C=O) groups excluding carboxylic acids is 2. The molecule has 0 spiro atoms. The Morgan fingerprint density at radius 2 is 2.03 bits per heavy atom. The van der Waals surface area contributed by atoms with E-state index in [1.807, 2.05) is 0 Å². The summed E-state index contributed by atoms with van der Waals surface area (Å²) in [7, 11) is 0.